The van der Waals surface area contributed by atoms with E-state index in [1.165, 1.54) is 276 Å². The number of rotatable bonds is 57. The van der Waals surface area contributed by atoms with Gasteiger partial charge >= 0.3 is 0 Å². The molecule has 68 heavy (non-hydrogen) atoms. The lowest BCUT2D eigenvalue weighted by Gasteiger charge is -2.21. The number of amides is 1. The van der Waals surface area contributed by atoms with E-state index < -0.39 is 24.2 Å². The Bertz CT molecular complexity index is 1060. The Morgan fingerprint density at radius 1 is 0.353 bits per heavy atom. The van der Waals surface area contributed by atoms with Crippen molar-refractivity contribution in [1.82, 2.24) is 5.32 Å². The highest BCUT2D eigenvalue weighted by molar-refractivity contribution is 5.80. The van der Waals surface area contributed by atoms with E-state index in [0.29, 0.717) is 6.42 Å². The van der Waals surface area contributed by atoms with E-state index in [0.717, 1.165) is 38.5 Å². The summed E-state index contributed by atoms with van der Waals surface area (Å²) in [6.07, 6.45) is 76.8. The van der Waals surface area contributed by atoms with Gasteiger partial charge in [0.05, 0.1) is 18.8 Å². The van der Waals surface area contributed by atoms with Gasteiger partial charge in [-0.25, -0.2) is 0 Å². The molecule has 0 aliphatic rings. The molecule has 0 rings (SSSR count). The predicted molar refractivity (Wildman–Crippen MR) is 301 cm³/mol. The van der Waals surface area contributed by atoms with Crippen molar-refractivity contribution < 1.29 is 20.1 Å². The Morgan fingerprint density at radius 2 is 0.603 bits per heavy atom. The van der Waals surface area contributed by atoms with Crippen molar-refractivity contribution in [1.29, 1.82) is 0 Å². The van der Waals surface area contributed by atoms with Gasteiger partial charge in [-0.05, 0) is 57.8 Å². The first-order valence-corrected chi connectivity index (χ1v) is 30.8. The van der Waals surface area contributed by atoms with Crippen molar-refractivity contribution in [2.75, 3.05) is 6.61 Å². The van der Waals surface area contributed by atoms with Crippen LogP contribution in [-0.4, -0.2) is 46.1 Å². The van der Waals surface area contributed by atoms with Crippen LogP contribution in [0.15, 0.2) is 36.5 Å². The molecular formula is C63H121NO4. The van der Waals surface area contributed by atoms with Crippen LogP contribution in [0.25, 0.3) is 0 Å². The van der Waals surface area contributed by atoms with Crippen LogP contribution in [0.1, 0.15) is 335 Å². The molecule has 5 nitrogen and oxygen atoms in total. The van der Waals surface area contributed by atoms with Gasteiger partial charge in [0.2, 0.25) is 5.91 Å². The number of allylic oxidation sites excluding steroid dienone is 5. The fourth-order valence-electron chi connectivity index (χ4n) is 9.67. The zero-order valence-electron chi connectivity index (χ0n) is 46.0. The molecule has 0 aromatic carbocycles. The summed E-state index contributed by atoms with van der Waals surface area (Å²) >= 11 is 0. The molecule has 0 bridgehead atoms. The van der Waals surface area contributed by atoms with Gasteiger partial charge in [0.15, 0.2) is 0 Å². The van der Waals surface area contributed by atoms with Gasteiger partial charge in [-0.3, -0.25) is 4.79 Å². The van der Waals surface area contributed by atoms with Crippen LogP contribution >= 0.6 is 0 Å². The second kappa shape index (κ2) is 58.1. The van der Waals surface area contributed by atoms with Gasteiger partial charge in [0, 0.05) is 0 Å². The van der Waals surface area contributed by atoms with Crippen molar-refractivity contribution in [2.45, 2.75) is 353 Å². The first-order valence-electron chi connectivity index (χ1n) is 30.8. The molecule has 0 aliphatic heterocycles. The van der Waals surface area contributed by atoms with Gasteiger partial charge in [0.25, 0.3) is 0 Å². The number of nitrogens with one attached hydrogen (secondary N) is 1. The minimum absolute atomic E-state index is 0.374. The van der Waals surface area contributed by atoms with E-state index in [1.807, 2.05) is 6.08 Å². The summed E-state index contributed by atoms with van der Waals surface area (Å²) in [5, 5.41) is 33.4. The van der Waals surface area contributed by atoms with Crippen LogP contribution in [-0.2, 0) is 4.79 Å². The van der Waals surface area contributed by atoms with E-state index in [-0.39, 0.29) is 6.61 Å². The van der Waals surface area contributed by atoms with Gasteiger partial charge in [-0.15, -0.1) is 0 Å². The summed E-state index contributed by atoms with van der Waals surface area (Å²) in [5.74, 6) is -0.508. The molecule has 0 aromatic rings. The number of aliphatic hydroxyl groups excluding tert-OH is 3. The highest BCUT2D eigenvalue weighted by Crippen LogP contribution is 2.18. The first-order chi connectivity index (χ1) is 33.6. The normalized spacial score (nSPS) is 13.4. The SMILES string of the molecule is CCCCCCCCCCCCCC/C=C\CCCCCCCCCCCCCCCCCC(O)C(=O)NC(CO)C(O)/C=C/CC/C=C/CCCCCCCCCCCCCCCCCCC. The van der Waals surface area contributed by atoms with Crippen molar-refractivity contribution >= 4 is 5.91 Å². The zero-order valence-corrected chi connectivity index (χ0v) is 46.0. The number of hydrogen-bond acceptors (Lipinski definition) is 4. The number of carbonyl (C=O) groups excluding carboxylic acids is 1. The molecule has 0 spiro atoms. The third kappa shape index (κ3) is 52.4. The van der Waals surface area contributed by atoms with E-state index in [9.17, 15) is 20.1 Å². The molecule has 3 atom stereocenters. The number of unbranched alkanes of at least 4 members (excludes halogenated alkanes) is 45. The minimum Gasteiger partial charge on any atom is -0.394 e. The van der Waals surface area contributed by atoms with E-state index in [4.69, 9.17) is 0 Å². The molecule has 1 amide bonds. The molecule has 3 unspecified atom stereocenters. The zero-order chi connectivity index (χ0) is 49.3. The van der Waals surface area contributed by atoms with Crippen molar-refractivity contribution in [3.63, 3.8) is 0 Å². The van der Waals surface area contributed by atoms with Gasteiger partial charge in [0.1, 0.15) is 6.10 Å². The minimum atomic E-state index is -1.11. The fraction of sp³-hybridized carbons (Fsp3) is 0.889. The highest BCUT2D eigenvalue weighted by atomic mass is 16.3. The third-order valence-electron chi connectivity index (χ3n) is 14.5. The van der Waals surface area contributed by atoms with Crippen LogP contribution in [0, 0.1) is 0 Å². The van der Waals surface area contributed by atoms with Crippen LogP contribution < -0.4 is 5.32 Å². The average molecular weight is 957 g/mol. The molecule has 5 heteroatoms. The number of hydrogen-bond donors (Lipinski definition) is 4. The standard InChI is InChI=1S/C63H121NO4/c1-3-5-7-9-11-13-15-17-19-21-23-25-27-28-29-30-31-32-33-34-36-38-40-42-44-46-48-50-52-54-56-58-62(67)63(68)64-60(59-65)61(66)57-55-53-51-49-47-45-43-41-39-37-35-26-24-22-20-18-16-14-12-10-8-6-4-2/h28-29,47,49,55,57,60-62,65-67H,3-27,30-46,48,50-54,56,58-59H2,1-2H3,(H,64,68)/b29-28-,49-47+,57-55+. The summed E-state index contributed by atoms with van der Waals surface area (Å²) in [4.78, 5) is 12.6. The summed E-state index contributed by atoms with van der Waals surface area (Å²) in [6, 6.07) is -0.815. The summed E-state index contributed by atoms with van der Waals surface area (Å²) in [6.45, 7) is 4.21. The summed E-state index contributed by atoms with van der Waals surface area (Å²) in [7, 11) is 0. The molecule has 0 fully saturated rings. The molecule has 0 saturated heterocycles. The van der Waals surface area contributed by atoms with E-state index >= 15 is 0 Å². The second-order valence-corrected chi connectivity index (χ2v) is 21.3. The van der Waals surface area contributed by atoms with Crippen molar-refractivity contribution in [3.05, 3.63) is 36.5 Å². The van der Waals surface area contributed by atoms with Crippen LogP contribution in [0.5, 0.6) is 0 Å². The predicted octanol–water partition coefficient (Wildman–Crippen LogP) is 19.4. The highest BCUT2D eigenvalue weighted by Gasteiger charge is 2.22. The molecule has 0 heterocycles. The first kappa shape index (κ1) is 66.6. The van der Waals surface area contributed by atoms with Crippen molar-refractivity contribution in [2.24, 2.45) is 0 Å². The lowest BCUT2D eigenvalue weighted by molar-refractivity contribution is -0.131. The third-order valence-corrected chi connectivity index (χ3v) is 14.5. The summed E-state index contributed by atoms with van der Waals surface area (Å²) in [5.41, 5.74) is 0. The number of aliphatic hydroxyl groups is 3. The topological polar surface area (TPSA) is 89.8 Å². The van der Waals surface area contributed by atoms with E-state index in [1.54, 1.807) is 6.08 Å². The maximum Gasteiger partial charge on any atom is 0.249 e. The quantitative estimate of drug-likeness (QED) is 0.0361. The largest absolute Gasteiger partial charge is 0.394 e. The van der Waals surface area contributed by atoms with Crippen LogP contribution in [0.4, 0.5) is 0 Å². The second-order valence-electron chi connectivity index (χ2n) is 21.3. The molecule has 0 radical (unpaired) electrons. The molecule has 402 valence electrons. The fourth-order valence-corrected chi connectivity index (χ4v) is 9.67. The number of carbonyl (C=O) groups is 1. The smallest absolute Gasteiger partial charge is 0.249 e. The van der Waals surface area contributed by atoms with Crippen LogP contribution in [0.3, 0.4) is 0 Å². The molecule has 0 saturated carbocycles. The maximum atomic E-state index is 12.6. The Balaban J connectivity index is 3.55. The Hall–Kier alpha value is -1.43. The van der Waals surface area contributed by atoms with Crippen LogP contribution in [0.2, 0.25) is 0 Å². The lowest BCUT2D eigenvalue weighted by Crippen LogP contribution is -2.48. The van der Waals surface area contributed by atoms with Gasteiger partial charge in [-0.1, -0.05) is 314 Å². The lowest BCUT2D eigenvalue weighted by atomic mass is 10.0. The Labute approximate surface area is 425 Å². The van der Waals surface area contributed by atoms with E-state index in [2.05, 4.69) is 43.5 Å². The Kier molecular flexibility index (Phi) is 56.9. The Morgan fingerprint density at radius 3 is 0.897 bits per heavy atom. The summed E-state index contributed by atoms with van der Waals surface area (Å²) < 4.78 is 0. The molecular weight excluding hydrogens is 835 g/mol. The average Bonchev–Trinajstić information content (AvgIpc) is 3.34. The maximum absolute atomic E-state index is 12.6. The molecule has 0 aliphatic carbocycles. The van der Waals surface area contributed by atoms with Gasteiger partial charge < -0.3 is 20.6 Å². The van der Waals surface area contributed by atoms with Gasteiger partial charge in [-0.2, -0.15) is 0 Å². The molecule has 4 N–H and O–H groups in total. The molecule has 0 aromatic heterocycles. The van der Waals surface area contributed by atoms with Crippen molar-refractivity contribution in [3.8, 4) is 0 Å². The monoisotopic (exact) mass is 956 g/mol.